The van der Waals surface area contributed by atoms with Crippen LogP contribution in [0.5, 0.6) is 0 Å². The number of carbonyl (C=O) groups excluding carboxylic acids is 1. The normalized spacial score (nSPS) is 19.2. The van der Waals surface area contributed by atoms with Crippen molar-refractivity contribution in [3.63, 3.8) is 0 Å². The fourth-order valence-corrected chi connectivity index (χ4v) is 1.36. The monoisotopic (exact) mass is 195 g/mol. The van der Waals surface area contributed by atoms with Crippen molar-refractivity contribution in [2.45, 2.75) is 26.2 Å². The van der Waals surface area contributed by atoms with Gasteiger partial charge in [-0.15, -0.1) is 5.06 Å². The molecule has 0 aliphatic carbocycles. The fourth-order valence-electron chi connectivity index (χ4n) is 1.36. The first kappa shape index (κ1) is 11.0. The van der Waals surface area contributed by atoms with Crippen molar-refractivity contribution in [1.29, 1.82) is 0 Å². The van der Waals surface area contributed by atoms with Crippen LogP contribution in [0.3, 0.4) is 0 Å². The highest BCUT2D eigenvalue weighted by Crippen LogP contribution is 2.08. The van der Waals surface area contributed by atoms with Crippen LogP contribution in [0.15, 0.2) is 24.3 Å². The lowest BCUT2D eigenvalue weighted by atomic mass is 10.2. The lowest BCUT2D eigenvalue weighted by molar-refractivity contribution is -0.187. The third-order valence-electron chi connectivity index (χ3n) is 2.07. The molecule has 0 aromatic heterocycles. The van der Waals surface area contributed by atoms with Crippen LogP contribution in [0.1, 0.15) is 26.2 Å². The third kappa shape index (κ3) is 4.23. The van der Waals surface area contributed by atoms with Gasteiger partial charge in [-0.1, -0.05) is 24.6 Å². The summed E-state index contributed by atoms with van der Waals surface area (Å²) < 4.78 is 0. The van der Waals surface area contributed by atoms with Gasteiger partial charge in [0.2, 0.25) is 0 Å². The molecule has 1 saturated heterocycles. The van der Waals surface area contributed by atoms with Crippen LogP contribution in [-0.2, 0) is 9.63 Å². The Bertz CT molecular complexity index is 227. The number of piperidine rings is 1. The highest BCUT2D eigenvalue weighted by Gasteiger charge is 2.12. The number of allylic oxidation sites excluding steroid dienone is 3. The average molecular weight is 195 g/mol. The minimum absolute atomic E-state index is 0.287. The maximum atomic E-state index is 11.2. The van der Waals surface area contributed by atoms with E-state index < -0.39 is 0 Å². The van der Waals surface area contributed by atoms with Gasteiger partial charge in [-0.05, 0) is 19.8 Å². The minimum Gasteiger partial charge on any atom is -0.364 e. The summed E-state index contributed by atoms with van der Waals surface area (Å²) >= 11 is 0. The Kier molecular flexibility index (Phi) is 5.00. The molecule has 0 aromatic carbocycles. The topological polar surface area (TPSA) is 29.5 Å². The van der Waals surface area contributed by atoms with E-state index in [4.69, 9.17) is 4.84 Å². The molecule has 1 aliphatic rings. The second kappa shape index (κ2) is 6.38. The second-order valence-electron chi connectivity index (χ2n) is 3.28. The first-order valence-electron chi connectivity index (χ1n) is 5.09. The molecule has 0 saturated carbocycles. The van der Waals surface area contributed by atoms with Gasteiger partial charge in [0, 0.05) is 19.2 Å². The summed E-state index contributed by atoms with van der Waals surface area (Å²) in [7, 11) is 0. The number of nitrogens with zero attached hydrogens (tertiary/aromatic N) is 1. The molecule has 0 aromatic rings. The largest absolute Gasteiger partial charge is 0.364 e. The van der Waals surface area contributed by atoms with Crippen LogP contribution in [-0.4, -0.2) is 24.1 Å². The van der Waals surface area contributed by atoms with Gasteiger partial charge in [-0.2, -0.15) is 0 Å². The number of rotatable bonds is 3. The van der Waals surface area contributed by atoms with Crippen molar-refractivity contribution in [3.05, 3.63) is 24.3 Å². The van der Waals surface area contributed by atoms with E-state index in [9.17, 15) is 4.79 Å². The molecule has 1 aliphatic heterocycles. The number of hydrogen-bond acceptors (Lipinski definition) is 3. The molecule has 0 bridgehead atoms. The average Bonchev–Trinajstić information content (AvgIpc) is 2.20. The van der Waals surface area contributed by atoms with Gasteiger partial charge in [0.25, 0.3) is 0 Å². The third-order valence-corrected chi connectivity index (χ3v) is 2.07. The molecule has 0 atom stereocenters. The smallest absolute Gasteiger partial charge is 0.349 e. The molecule has 3 nitrogen and oxygen atoms in total. The van der Waals surface area contributed by atoms with Gasteiger partial charge in [-0.25, -0.2) is 4.79 Å². The molecule has 78 valence electrons. The van der Waals surface area contributed by atoms with E-state index in [1.165, 1.54) is 12.5 Å². The zero-order valence-corrected chi connectivity index (χ0v) is 8.61. The van der Waals surface area contributed by atoms with Gasteiger partial charge in [0.15, 0.2) is 0 Å². The van der Waals surface area contributed by atoms with E-state index in [-0.39, 0.29) is 5.97 Å². The Hall–Kier alpha value is -1.09. The van der Waals surface area contributed by atoms with E-state index in [0.29, 0.717) is 0 Å². The Balaban J connectivity index is 2.25. The Morgan fingerprint density at radius 3 is 2.57 bits per heavy atom. The molecule has 1 rings (SSSR count). The van der Waals surface area contributed by atoms with Crippen LogP contribution in [0, 0.1) is 0 Å². The second-order valence-corrected chi connectivity index (χ2v) is 3.28. The van der Waals surface area contributed by atoms with Gasteiger partial charge in [0.1, 0.15) is 0 Å². The molecule has 3 heteroatoms. The molecule has 0 amide bonds. The Morgan fingerprint density at radius 1 is 1.21 bits per heavy atom. The fraction of sp³-hybridized carbons (Fsp3) is 0.545. The summed E-state index contributed by atoms with van der Waals surface area (Å²) in [4.78, 5) is 16.3. The Labute approximate surface area is 85.0 Å². The lowest BCUT2D eigenvalue weighted by Gasteiger charge is -2.23. The van der Waals surface area contributed by atoms with E-state index in [0.717, 1.165) is 25.9 Å². The summed E-state index contributed by atoms with van der Waals surface area (Å²) in [6.45, 7) is 3.63. The number of hydroxylamine groups is 2. The predicted octanol–water partition coefficient (Wildman–Crippen LogP) is 2.06. The zero-order valence-electron chi connectivity index (χ0n) is 8.61. The van der Waals surface area contributed by atoms with Crippen LogP contribution in [0.2, 0.25) is 0 Å². The maximum Gasteiger partial charge on any atom is 0.349 e. The summed E-state index contributed by atoms with van der Waals surface area (Å²) in [6.07, 6.45) is 10.3. The van der Waals surface area contributed by atoms with Crippen LogP contribution in [0.4, 0.5) is 0 Å². The first-order valence-corrected chi connectivity index (χ1v) is 5.09. The van der Waals surface area contributed by atoms with Crippen LogP contribution in [0.25, 0.3) is 0 Å². The molecule has 1 fully saturated rings. The molecule has 14 heavy (non-hydrogen) atoms. The van der Waals surface area contributed by atoms with Crippen molar-refractivity contribution < 1.29 is 9.63 Å². The van der Waals surface area contributed by atoms with Gasteiger partial charge in [-0.3, -0.25) is 0 Å². The Morgan fingerprint density at radius 2 is 1.93 bits per heavy atom. The standard InChI is InChI=1S/C11H17NO2/c1-2-3-5-8-11(13)14-12-9-6-4-7-10-12/h2-3,5,8H,4,6-7,9-10H2,1H3/b3-2+,8-5+. The summed E-state index contributed by atoms with van der Waals surface area (Å²) in [5, 5.41) is 1.74. The van der Waals surface area contributed by atoms with Crippen molar-refractivity contribution in [2.75, 3.05) is 13.1 Å². The van der Waals surface area contributed by atoms with Crippen molar-refractivity contribution >= 4 is 5.97 Å². The molecular weight excluding hydrogens is 178 g/mol. The van der Waals surface area contributed by atoms with Gasteiger partial charge >= 0.3 is 5.97 Å². The molecule has 0 N–H and O–H groups in total. The van der Waals surface area contributed by atoms with Crippen molar-refractivity contribution in [1.82, 2.24) is 5.06 Å². The highest BCUT2D eigenvalue weighted by molar-refractivity contribution is 5.81. The van der Waals surface area contributed by atoms with Crippen molar-refractivity contribution in [2.24, 2.45) is 0 Å². The predicted molar refractivity (Wildman–Crippen MR) is 55.5 cm³/mol. The summed E-state index contributed by atoms with van der Waals surface area (Å²) in [5.41, 5.74) is 0. The van der Waals surface area contributed by atoms with Gasteiger partial charge in [0.05, 0.1) is 0 Å². The summed E-state index contributed by atoms with van der Waals surface area (Å²) in [5.74, 6) is -0.287. The molecule has 0 unspecified atom stereocenters. The van der Waals surface area contributed by atoms with Crippen LogP contribution >= 0.6 is 0 Å². The zero-order chi connectivity index (χ0) is 10.2. The summed E-state index contributed by atoms with van der Waals surface area (Å²) in [6, 6.07) is 0. The first-order chi connectivity index (χ1) is 6.83. The maximum absolute atomic E-state index is 11.2. The van der Waals surface area contributed by atoms with E-state index in [1.807, 2.05) is 13.0 Å². The van der Waals surface area contributed by atoms with E-state index >= 15 is 0 Å². The quantitative estimate of drug-likeness (QED) is 0.510. The van der Waals surface area contributed by atoms with Crippen molar-refractivity contribution in [3.8, 4) is 0 Å². The molecule has 1 heterocycles. The number of hydrogen-bond donors (Lipinski definition) is 0. The molecule has 0 spiro atoms. The lowest BCUT2D eigenvalue weighted by Crippen LogP contribution is -2.31. The van der Waals surface area contributed by atoms with Gasteiger partial charge < -0.3 is 4.84 Å². The van der Waals surface area contributed by atoms with E-state index in [2.05, 4.69) is 0 Å². The van der Waals surface area contributed by atoms with Crippen LogP contribution < -0.4 is 0 Å². The SMILES string of the molecule is C/C=C/C=C/C(=O)ON1CCCCC1. The molecular formula is C11H17NO2. The van der Waals surface area contributed by atoms with E-state index in [1.54, 1.807) is 17.2 Å². The number of carbonyl (C=O) groups is 1. The highest BCUT2D eigenvalue weighted by atomic mass is 16.7. The molecule has 0 radical (unpaired) electrons. The minimum atomic E-state index is -0.287.